The van der Waals surface area contributed by atoms with Crippen molar-refractivity contribution in [3.05, 3.63) is 83.9 Å². The third-order valence-corrected chi connectivity index (χ3v) is 8.69. The molecule has 0 bridgehead atoms. The molecule has 0 aromatic heterocycles. The van der Waals surface area contributed by atoms with Crippen molar-refractivity contribution in [2.24, 2.45) is 0 Å². The maximum Gasteiger partial charge on any atom is 0.261 e. The molecule has 10 heteroatoms. The van der Waals surface area contributed by atoms with Crippen molar-refractivity contribution < 1.29 is 21.6 Å². The first-order chi connectivity index (χ1) is 16.1. The molecule has 0 heterocycles. The van der Waals surface area contributed by atoms with Crippen molar-refractivity contribution in [1.29, 1.82) is 0 Å². The van der Waals surface area contributed by atoms with Gasteiger partial charge in [0.15, 0.2) is 0 Å². The second kappa shape index (κ2) is 10.4. The highest BCUT2D eigenvalue weighted by molar-refractivity contribution is 7.92. The maximum atomic E-state index is 12.7. The number of nitrogens with one attached hydrogen (secondary N) is 2. The highest BCUT2D eigenvalue weighted by Crippen LogP contribution is 2.22. The van der Waals surface area contributed by atoms with Crippen LogP contribution in [0.15, 0.2) is 82.6 Å². The van der Waals surface area contributed by atoms with Gasteiger partial charge in [0.25, 0.3) is 15.9 Å². The number of carbonyl (C=O) groups excluding carboxylic acids is 1. The van der Waals surface area contributed by atoms with Crippen LogP contribution in [0.2, 0.25) is 0 Å². The fourth-order valence-electron chi connectivity index (χ4n) is 3.35. The van der Waals surface area contributed by atoms with Gasteiger partial charge in [0.1, 0.15) is 0 Å². The van der Waals surface area contributed by atoms with Crippen LogP contribution in [0.4, 0.5) is 11.4 Å². The molecule has 3 aromatic carbocycles. The Bertz CT molecular complexity index is 1370. The first-order valence-electron chi connectivity index (χ1n) is 10.7. The van der Waals surface area contributed by atoms with E-state index in [0.29, 0.717) is 35.6 Å². The second-order valence-corrected chi connectivity index (χ2v) is 11.1. The SMILES string of the molecule is CCN(CC)S(=O)(=O)c1ccc(NC(=O)c2ccc(NS(=O)(=O)c3ccccc3)c(C)c2)cc1. The van der Waals surface area contributed by atoms with E-state index in [1.54, 1.807) is 45.0 Å². The Morgan fingerprint density at radius 3 is 2.00 bits per heavy atom. The summed E-state index contributed by atoms with van der Waals surface area (Å²) in [6, 6.07) is 18.6. The van der Waals surface area contributed by atoms with Crippen LogP contribution in [-0.4, -0.2) is 40.1 Å². The number of hydrogen-bond acceptors (Lipinski definition) is 5. The van der Waals surface area contributed by atoms with Crippen LogP contribution < -0.4 is 10.0 Å². The van der Waals surface area contributed by atoms with Crippen molar-refractivity contribution in [2.45, 2.75) is 30.6 Å². The van der Waals surface area contributed by atoms with Gasteiger partial charge in [-0.3, -0.25) is 9.52 Å². The Kier molecular flexibility index (Phi) is 7.75. The molecule has 0 aliphatic heterocycles. The third kappa shape index (κ3) is 5.64. The van der Waals surface area contributed by atoms with E-state index >= 15 is 0 Å². The molecule has 0 radical (unpaired) electrons. The van der Waals surface area contributed by atoms with Gasteiger partial charge >= 0.3 is 0 Å². The van der Waals surface area contributed by atoms with Gasteiger partial charge in [-0.2, -0.15) is 4.31 Å². The van der Waals surface area contributed by atoms with E-state index in [0.717, 1.165) is 0 Å². The van der Waals surface area contributed by atoms with Crippen LogP contribution in [0.5, 0.6) is 0 Å². The normalized spacial score (nSPS) is 11.9. The zero-order valence-corrected chi connectivity index (χ0v) is 20.8. The summed E-state index contributed by atoms with van der Waals surface area (Å²) in [5.74, 6) is -0.403. The van der Waals surface area contributed by atoms with Crippen LogP contribution in [0.1, 0.15) is 29.8 Å². The number of anilines is 2. The minimum Gasteiger partial charge on any atom is -0.322 e. The number of benzene rings is 3. The summed E-state index contributed by atoms with van der Waals surface area (Å²) in [4.78, 5) is 13.0. The van der Waals surface area contributed by atoms with Gasteiger partial charge < -0.3 is 5.32 Å². The lowest BCUT2D eigenvalue weighted by molar-refractivity contribution is 0.102. The molecule has 0 saturated carbocycles. The lowest BCUT2D eigenvalue weighted by Crippen LogP contribution is -2.30. The largest absolute Gasteiger partial charge is 0.322 e. The quantitative estimate of drug-likeness (QED) is 0.459. The Morgan fingerprint density at radius 2 is 1.44 bits per heavy atom. The van der Waals surface area contributed by atoms with Crippen molar-refractivity contribution in [1.82, 2.24) is 4.31 Å². The summed E-state index contributed by atoms with van der Waals surface area (Å²) in [6.45, 7) is 5.99. The zero-order chi connectivity index (χ0) is 24.9. The summed E-state index contributed by atoms with van der Waals surface area (Å²) >= 11 is 0. The summed E-state index contributed by atoms with van der Waals surface area (Å²) < 4.78 is 54.2. The van der Waals surface area contributed by atoms with Gasteiger partial charge in [-0.15, -0.1) is 0 Å². The number of sulfonamides is 2. The monoisotopic (exact) mass is 501 g/mol. The summed E-state index contributed by atoms with van der Waals surface area (Å²) in [6.07, 6.45) is 0. The highest BCUT2D eigenvalue weighted by Gasteiger charge is 2.21. The van der Waals surface area contributed by atoms with E-state index in [1.165, 1.54) is 52.8 Å². The molecule has 2 N–H and O–H groups in total. The van der Waals surface area contributed by atoms with Crippen molar-refractivity contribution in [3.63, 3.8) is 0 Å². The summed E-state index contributed by atoms with van der Waals surface area (Å²) in [5.41, 5.74) is 1.72. The van der Waals surface area contributed by atoms with Crippen LogP contribution in [0.3, 0.4) is 0 Å². The standard InChI is InChI=1S/C24H27N3O5S2/c1-4-27(5-2)34(31,32)22-14-12-20(13-15-22)25-24(28)19-11-16-23(18(3)17-19)26-33(29,30)21-9-7-6-8-10-21/h6-17,26H,4-5H2,1-3H3,(H,25,28). The molecule has 8 nitrogen and oxygen atoms in total. The molecule has 0 fully saturated rings. The Balaban J connectivity index is 1.73. The fourth-order valence-corrected chi connectivity index (χ4v) is 5.96. The van der Waals surface area contributed by atoms with E-state index in [9.17, 15) is 21.6 Å². The number of amides is 1. The van der Waals surface area contributed by atoms with E-state index in [2.05, 4.69) is 10.0 Å². The van der Waals surface area contributed by atoms with Crippen LogP contribution in [0, 0.1) is 6.92 Å². The number of hydrogen-bond donors (Lipinski definition) is 2. The molecular weight excluding hydrogens is 474 g/mol. The van der Waals surface area contributed by atoms with Gasteiger partial charge in [0.2, 0.25) is 10.0 Å². The van der Waals surface area contributed by atoms with E-state index < -0.39 is 26.0 Å². The average molecular weight is 502 g/mol. The smallest absolute Gasteiger partial charge is 0.261 e. The minimum absolute atomic E-state index is 0.141. The Hall–Kier alpha value is -3.21. The Morgan fingerprint density at radius 1 is 0.824 bits per heavy atom. The molecule has 3 rings (SSSR count). The topological polar surface area (TPSA) is 113 Å². The molecule has 3 aromatic rings. The molecule has 0 saturated heterocycles. The predicted octanol–water partition coefficient (Wildman–Crippen LogP) is 4.08. The second-order valence-electron chi connectivity index (χ2n) is 7.52. The lowest BCUT2D eigenvalue weighted by Gasteiger charge is -2.18. The molecule has 0 aliphatic carbocycles. The van der Waals surface area contributed by atoms with E-state index in [4.69, 9.17) is 0 Å². The lowest BCUT2D eigenvalue weighted by atomic mass is 10.1. The van der Waals surface area contributed by atoms with Gasteiger partial charge in [0, 0.05) is 24.3 Å². The van der Waals surface area contributed by atoms with Crippen molar-refractivity contribution >= 4 is 37.3 Å². The predicted molar refractivity (Wildman–Crippen MR) is 133 cm³/mol. The molecule has 0 atom stereocenters. The summed E-state index contributed by atoms with van der Waals surface area (Å²) in [5, 5.41) is 2.73. The minimum atomic E-state index is -3.75. The van der Waals surface area contributed by atoms with Crippen LogP contribution >= 0.6 is 0 Å². The molecule has 0 aliphatic rings. The Labute approximate surface area is 200 Å². The molecule has 0 unspecified atom stereocenters. The van der Waals surface area contributed by atoms with Crippen LogP contribution in [0.25, 0.3) is 0 Å². The number of carbonyl (C=O) groups is 1. The molecule has 34 heavy (non-hydrogen) atoms. The molecule has 0 spiro atoms. The zero-order valence-electron chi connectivity index (χ0n) is 19.1. The third-order valence-electron chi connectivity index (χ3n) is 5.24. The van der Waals surface area contributed by atoms with Gasteiger partial charge in [-0.1, -0.05) is 32.0 Å². The molecule has 1 amide bonds. The van der Waals surface area contributed by atoms with Gasteiger partial charge in [-0.25, -0.2) is 16.8 Å². The maximum absolute atomic E-state index is 12.7. The number of rotatable bonds is 9. The summed E-state index contributed by atoms with van der Waals surface area (Å²) in [7, 11) is -7.33. The van der Waals surface area contributed by atoms with Gasteiger partial charge in [-0.05, 0) is 67.1 Å². The molecule has 180 valence electrons. The van der Waals surface area contributed by atoms with E-state index in [-0.39, 0.29) is 9.79 Å². The average Bonchev–Trinajstić information content (AvgIpc) is 2.82. The van der Waals surface area contributed by atoms with Crippen LogP contribution in [-0.2, 0) is 20.0 Å². The first kappa shape index (κ1) is 25.4. The van der Waals surface area contributed by atoms with Gasteiger partial charge in [0.05, 0.1) is 15.5 Å². The van der Waals surface area contributed by atoms with E-state index in [1.807, 2.05) is 0 Å². The number of nitrogens with zero attached hydrogens (tertiary/aromatic N) is 1. The molecular formula is C24H27N3O5S2. The van der Waals surface area contributed by atoms with Crippen molar-refractivity contribution in [2.75, 3.05) is 23.1 Å². The highest BCUT2D eigenvalue weighted by atomic mass is 32.2. The fraction of sp³-hybridized carbons (Fsp3) is 0.208. The first-order valence-corrected chi connectivity index (χ1v) is 13.6. The number of aryl methyl sites for hydroxylation is 1. The van der Waals surface area contributed by atoms with Crippen molar-refractivity contribution in [3.8, 4) is 0 Å².